The standard InChI is InChI=1S/C35H38F3N7O2/c1-42(2)31-7-3-6-29(39-31)26-15-21-44(22-16-26)34(47)27-10-8-24(9-11-27)23-30-40-33-28(5-4-18-45(33)41-30)25-13-19-43(20-14-25)32(46)12-17-35(36,37)38/h3-11,13,18,26H,12,14-17,19-23H2,1-2H3. The number of rotatable bonds is 8. The summed E-state index contributed by atoms with van der Waals surface area (Å²) in [5, 5.41) is 4.66. The van der Waals surface area contributed by atoms with Gasteiger partial charge in [0.15, 0.2) is 11.5 Å². The van der Waals surface area contributed by atoms with Crippen LogP contribution < -0.4 is 4.90 Å². The summed E-state index contributed by atoms with van der Waals surface area (Å²) in [6.07, 6.45) is 0.493. The van der Waals surface area contributed by atoms with E-state index >= 15 is 0 Å². The molecule has 12 heteroatoms. The van der Waals surface area contributed by atoms with Gasteiger partial charge in [-0.3, -0.25) is 9.59 Å². The van der Waals surface area contributed by atoms with Gasteiger partial charge >= 0.3 is 6.18 Å². The van der Waals surface area contributed by atoms with Crippen molar-refractivity contribution >= 4 is 28.9 Å². The maximum Gasteiger partial charge on any atom is 0.389 e. The van der Waals surface area contributed by atoms with Gasteiger partial charge in [-0.25, -0.2) is 14.5 Å². The molecule has 2 amide bonds. The fraction of sp³-hybridized carbons (Fsp3) is 0.400. The first-order valence-corrected chi connectivity index (χ1v) is 15.9. The molecule has 0 N–H and O–H groups in total. The summed E-state index contributed by atoms with van der Waals surface area (Å²) in [5.74, 6) is 1.45. The zero-order valence-corrected chi connectivity index (χ0v) is 26.6. The summed E-state index contributed by atoms with van der Waals surface area (Å²) in [5.41, 5.74) is 5.27. The first kappa shape index (κ1) is 32.2. The van der Waals surface area contributed by atoms with E-state index in [9.17, 15) is 22.8 Å². The van der Waals surface area contributed by atoms with Crippen LogP contribution in [0.4, 0.5) is 19.0 Å². The number of hydrogen-bond acceptors (Lipinski definition) is 6. The van der Waals surface area contributed by atoms with Crippen LogP contribution >= 0.6 is 0 Å². The lowest BCUT2D eigenvalue weighted by atomic mass is 9.92. The van der Waals surface area contributed by atoms with E-state index < -0.39 is 24.9 Å². The predicted molar refractivity (Wildman–Crippen MR) is 173 cm³/mol. The van der Waals surface area contributed by atoms with Gasteiger partial charge < -0.3 is 14.7 Å². The highest BCUT2D eigenvalue weighted by atomic mass is 19.4. The molecule has 2 aliphatic heterocycles. The molecule has 3 aromatic heterocycles. The van der Waals surface area contributed by atoms with E-state index in [1.54, 1.807) is 4.52 Å². The summed E-state index contributed by atoms with van der Waals surface area (Å²) < 4.78 is 39.3. The van der Waals surface area contributed by atoms with Crippen LogP contribution in [-0.4, -0.2) is 87.6 Å². The Balaban J connectivity index is 1.06. The first-order valence-electron chi connectivity index (χ1n) is 15.9. The van der Waals surface area contributed by atoms with E-state index in [2.05, 4.69) is 11.2 Å². The second-order valence-electron chi connectivity index (χ2n) is 12.4. The van der Waals surface area contributed by atoms with Gasteiger partial charge in [0.1, 0.15) is 5.82 Å². The molecule has 246 valence electrons. The molecule has 0 unspecified atom stereocenters. The Labute approximate surface area is 271 Å². The number of amides is 2. The zero-order valence-electron chi connectivity index (χ0n) is 26.6. The van der Waals surface area contributed by atoms with Gasteiger partial charge in [0.2, 0.25) is 5.91 Å². The lowest BCUT2D eigenvalue weighted by molar-refractivity contribution is -0.148. The van der Waals surface area contributed by atoms with Gasteiger partial charge in [0.05, 0.1) is 6.42 Å². The number of alkyl halides is 3. The van der Waals surface area contributed by atoms with Crippen molar-refractivity contribution in [2.24, 2.45) is 0 Å². The molecule has 2 aliphatic rings. The van der Waals surface area contributed by atoms with E-state index in [4.69, 9.17) is 9.97 Å². The van der Waals surface area contributed by atoms with Gasteiger partial charge in [-0.1, -0.05) is 24.3 Å². The number of likely N-dealkylation sites (tertiary alicyclic amines) is 1. The van der Waals surface area contributed by atoms with Crippen molar-refractivity contribution in [1.82, 2.24) is 29.4 Å². The van der Waals surface area contributed by atoms with Crippen molar-refractivity contribution in [3.05, 3.63) is 95.1 Å². The molecule has 1 saturated heterocycles. The van der Waals surface area contributed by atoms with Crippen molar-refractivity contribution in [2.75, 3.05) is 45.2 Å². The molecule has 0 aliphatic carbocycles. The van der Waals surface area contributed by atoms with Crippen LogP contribution in [0.1, 0.15) is 71.0 Å². The molecule has 1 fully saturated rings. The van der Waals surface area contributed by atoms with E-state index in [1.165, 1.54) is 4.90 Å². The number of piperidine rings is 1. The molecular weight excluding hydrogens is 607 g/mol. The number of nitrogens with zero attached hydrogens (tertiary/aromatic N) is 7. The van der Waals surface area contributed by atoms with Crippen LogP contribution in [0.25, 0.3) is 11.2 Å². The van der Waals surface area contributed by atoms with Crippen LogP contribution in [0.2, 0.25) is 0 Å². The molecule has 5 heterocycles. The Bertz CT molecular complexity index is 1770. The van der Waals surface area contributed by atoms with Crippen LogP contribution in [0.5, 0.6) is 0 Å². The van der Waals surface area contributed by atoms with Gasteiger partial charge in [-0.15, -0.1) is 0 Å². The third-order valence-electron chi connectivity index (χ3n) is 8.91. The fourth-order valence-corrected chi connectivity index (χ4v) is 6.25. The number of aromatic nitrogens is 4. The molecule has 0 atom stereocenters. The average molecular weight is 646 g/mol. The molecule has 9 nitrogen and oxygen atoms in total. The van der Waals surface area contributed by atoms with Crippen LogP contribution in [0.15, 0.2) is 66.9 Å². The molecule has 1 aromatic carbocycles. The number of halogens is 3. The van der Waals surface area contributed by atoms with Crippen LogP contribution in [0.3, 0.4) is 0 Å². The molecular formula is C35H38F3N7O2. The van der Waals surface area contributed by atoms with Gasteiger partial charge in [0, 0.05) is 82.1 Å². The number of carbonyl (C=O) groups excluding carboxylic acids is 2. The molecule has 0 saturated carbocycles. The summed E-state index contributed by atoms with van der Waals surface area (Å²) in [4.78, 5) is 40.5. The van der Waals surface area contributed by atoms with Crippen molar-refractivity contribution in [3.63, 3.8) is 0 Å². The largest absolute Gasteiger partial charge is 0.389 e. The van der Waals surface area contributed by atoms with Crippen LogP contribution in [0, 0.1) is 0 Å². The fourth-order valence-electron chi connectivity index (χ4n) is 6.25. The Hall–Kier alpha value is -4.74. The van der Waals surface area contributed by atoms with E-state index in [0.29, 0.717) is 55.4 Å². The number of carbonyl (C=O) groups is 2. The highest BCUT2D eigenvalue weighted by Crippen LogP contribution is 2.30. The maximum atomic E-state index is 13.3. The minimum Gasteiger partial charge on any atom is -0.363 e. The Morgan fingerprint density at radius 1 is 0.936 bits per heavy atom. The molecule has 4 aromatic rings. The van der Waals surface area contributed by atoms with E-state index in [-0.39, 0.29) is 12.5 Å². The third-order valence-corrected chi connectivity index (χ3v) is 8.91. The number of hydrogen-bond donors (Lipinski definition) is 0. The normalized spacial score (nSPS) is 16.0. The highest BCUT2D eigenvalue weighted by molar-refractivity contribution is 5.94. The number of pyridine rings is 2. The van der Waals surface area contributed by atoms with Crippen LogP contribution in [-0.2, 0) is 11.2 Å². The van der Waals surface area contributed by atoms with E-state index in [1.807, 2.05) is 84.7 Å². The lowest BCUT2D eigenvalue weighted by Gasteiger charge is -2.32. The second kappa shape index (κ2) is 13.5. The van der Waals surface area contributed by atoms with Crippen molar-refractivity contribution in [1.29, 1.82) is 0 Å². The topological polar surface area (TPSA) is 86.9 Å². The van der Waals surface area contributed by atoms with Gasteiger partial charge in [-0.2, -0.15) is 18.3 Å². The average Bonchev–Trinajstić information content (AvgIpc) is 3.50. The molecule has 0 radical (unpaired) electrons. The monoisotopic (exact) mass is 645 g/mol. The highest BCUT2D eigenvalue weighted by Gasteiger charge is 2.30. The summed E-state index contributed by atoms with van der Waals surface area (Å²) in [6, 6.07) is 17.5. The van der Waals surface area contributed by atoms with Gasteiger partial charge in [0.25, 0.3) is 5.91 Å². The molecule has 0 spiro atoms. The summed E-state index contributed by atoms with van der Waals surface area (Å²) >= 11 is 0. The second-order valence-corrected chi connectivity index (χ2v) is 12.4. The first-order chi connectivity index (χ1) is 22.5. The number of benzene rings is 1. The number of fused-ring (bicyclic) bond motifs is 1. The summed E-state index contributed by atoms with van der Waals surface area (Å²) in [6.45, 7) is 2.00. The summed E-state index contributed by atoms with van der Waals surface area (Å²) in [7, 11) is 3.97. The van der Waals surface area contributed by atoms with Gasteiger partial charge in [-0.05, 0) is 66.8 Å². The lowest BCUT2D eigenvalue weighted by Crippen LogP contribution is -2.38. The maximum absolute atomic E-state index is 13.3. The third kappa shape index (κ3) is 7.64. The Morgan fingerprint density at radius 3 is 2.38 bits per heavy atom. The molecule has 0 bridgehead atoms. The SMILES string of the molecule is CN(C)c1cccc(C2CCN(C(=O)c3ccc(Cc4nc5c(C6=CCN(C(=O)CCC(F)(F)F)CC6)cccn5n4)cc3)CC2)n1. The minimum atomic E-state index is -4.34. The van der Waals surface area contributed by atoms with Crippen molar-refractivity contribution < 1.29 is 22.8 Å². The quantitative estimate of drug-likeness (QED) is 0.242. The number of anilines is 1. The van der Waals surface area contributed by atoms with E-state index in [0.717, 1.165) is 41.1 Å². The van der Waals surface area contributed by atoms with Crippen molar-refractivity contribution in [3.8, 4) is 0 Å². The zero-order chi connectivity index (χ0) is 33.1. The van der Waals surface area contributed by atoms with Crippen molar-refractivity contribution in [2.45, 2.75) is 50.6 Å². The minimum absolute atomic E-state index is 0.0295. The molecule has 6 rings (SSSR count). The predicted octanol–water partition coefficient (Wildman–Crippen LogP) is 5.76. The smallest absolute Gasteiger partial charge is 0.363 e. The Morgan fingerprint density at radius 2 is 1.70 bits per heavy atom. The molecule has 47 heavy (non-hydrogen) atoms. The Kier molecular flexibility index (Phi) is 9.28.